The maximum Gasteiger partial charge on any atom is 0.264 e. The van der Waals surface area contributed by atoms with E-state index in [4.69, 9.17) is 4.74 Å². The lowest BCUT2D eigenvalue weighted by atomic mass is 10.1. The molecule has 0 atom stereocenters. The average Bonchev–Trinajstić information content (AvgIpc) is 2.90. The number of aromatic nitrogens is 1. The van der Waals surface area contributed by atoms with Crippen LogP contribution in [0.2, 0.25) is 0 Å². The first-order valence-electron chi connectivity index (χ1n) is 7.32. The summed E-state index contributed by atoms with van der Waals surface area (Å²) >= 11 is 1.28. The third kappa shape index (κ3) is 2.39. The second-order valence-corrected chi connectivity index (χ2v) is 6.31. The van der Waals surface area contributed by atoms with Gasteiger partial charge in [-0.3, -0.25) is 9.59 Å². The Bertz CT molecular complexity index is 963. The second kappa shape index (κ2) is 5.61. The molecule has 0 spiro atoms. The Balaban J connectivity index is 1.81. The van der Waals surface area contributed by atoms with Crippen molar-refractivity contribution in [2.75, 3.05) is 19.0 Å². The molecule has 3 aromatic rings. The van der Waals surface area contributed by atoms with E-state index in [0.717, 1.165) is 22.4 Å². The van der Waals surface area contributed by atoms with Crippen molar-refractivity contribution in [1.29, 1.82) is 0 Å². The van der Waals surface area contributed by atoms with Crippen molar-refractivity contribution < 1.29 is 14.3 Å². The van der Waals surface area contributed by atoms with E-state index in [0.29, 0.717) is 15.4 Å². The van der Waals surface area contributed by atoms with Crippen molar-refractivity contribution in [2.24, 2.45) is 0 Å². The van der Waals surface area contributed by atoms with Gasteiger partial charge in [-0.15, -0.1) is 11.3 Å². The highest BCUT2D eigenvalue weighted by Crippen LogP contribution is 2.37. The van der Waals surface area contributed by atoms with E-state index in [-0.39, 0.29) is 18.4 Å². The molecular formula is C17H13N3O3S. The number of hydrogen-bond donors (Lipinski definition) is 2. The van der Waals surface area contributed by atoms with E-state index in [9.17, 15) is 9.59 Å². The van der Waals surface area contributed by atoms with E-state index in [1.807, 2.05) is 36.4 Å². The first-order chi connectivity index (χ1) is 11.7. The third-order valence-electron chi connectivity index (χ3n) is 3.82. The van der Waals surface area contributed by atoms with E-state index < -0.39 is 0 Å². The lowest BCUT2D eigenvalue weighted by molar-refractivity contribution is -0.115. The number of methoxy groups -OCH3 is 1. The number of anilines is 1. The number of amides is 2. The van der Waals surface area contributed by atoms with Gasteiger partial charge in [0.25, 0.3) is 5.91 Å². The van der Waals surface area contributed by atoms with Gasteiger partial charge in [-0.1, -0.05) is 0 Å². The molecule has 1 aliphatic heterocycles. The number of hydrogen-bond acceptors (Lipinski definition) is 5. The molecule has 2 aromatic heterocycles. The predicted molar refractivity (Wildman–Crippen MR) is 92.6 cm³/mol. The van der Waals surface area contributed by atoms with E-state index in [1.165, 1.54) is 11.3 Å². The molecule has 0 aliphatic carbocycles. The van der Waals surface area contributed by atoms with Gasteiger partial charge in [0.15, 0.2) is 0 Å². The van der Waals surface area contributed by atoms with Crippen molar-refractivity contribution in [2.45, 2.75) is 0 Å². The van der Waals surface area contributed by atoms with Gasteiger partial charge in [0.05, 0.1) is 25.0 Å². The van der Waals surface area contributed by atoms with Crippen LogP contribution in [-0.4, -0.2) is 30.5 Å². The number of ether oxygens (including phenoxy) is 1. The molecule has 2 N–H and O–H groups in total. The van der Waals surface area contributed by atoms with Gasteiger partial charge in [0.1, 0.15) is 15.5 Å². The summed E-state index contributed by atoms with van der Waals surface area (Å²) in [4.78, 5) is 29.7. The van der Waals surface area contributed by atoms with Crippen molar-refractivity contribution in [3.63, 3.8) is 0 Å². The maximum absolute atomic E-state index is 12.1. The Labute approximate surface area is 141 Å². The molecule has 7 heteroatoms. The Morgan fingerprint density at radius 1 is 1.12 bits per heavy atom. The quantitative estimate of drug-likeness (QED) is 0.752. The SMILES string of the molecule is COc1ccc(-c2ccc3c4c(sc3n2)C(=O)NCC(=O)N4)cc1. The van der Waals surface area contributed by atoms with Crippen molar-refractivity contribution >= 4 is 39.1 Å². The number of fused-ring (bicyclic) bond motifs is 3. The van der Waals surface area contributed by atoms with Gasteiger partial charge in [0.2, 0.25) is 5.91 Å². The molecule has 120 valence electrons. The average molecular weight is 339 g/mol. The largest absolute Gasteiger partial charge is 0.497 e. The summed E-state index contributed by atoms with van der Waals surface area (Å²) in [6, 6.07) is 11.4. The van der Waals surface area contributed by atoms with Crippen LogP contribution in [0.5, 0.6) is 5.75 Å². The number of benzene rings is 1. The minimum atomic E-state index is -0.252. The molecule has 0 fully saturated rings. The summed E-state index contributed by atoms with van der Waals surface area (Å²) in [5.74, 6) is 0.292. The molecule has 0 saturated carbocycles. The Kier molecular flexibility index (Phi) is 3.42. The summed E-state index contributed by atoms with van der Waals surface area (Å²) in [5.41, 5.74) is 2.30. The van der Waals surface area contributed by atoms with Crippen LogP contribution in [0.25, 0.3) is 21.5 Å². The summed E-state index contributed by atoms with van der Waals surface area (Å²) < 4.78 is 5.16. The third-order valence-corrected chi connectivity index (χ3v) is 4.92. The van der Waals surface area contributed by atoms with Crippen LogP contribution in [0.15, 0.2) is 36.4 Å². The minimum Gasteiger partial charge on any atom is -0.497 e. The molecule has 1 aliphatic rings. The van der Waals surface area contributed by atoms with Gasteiger partial charge in [-0.2, -0.15) is 0 Å². The zero-order valence-corrected chi connectivity index (χ0v) is 13.6. The highest BCUT2D eigenvalue weighted by molar-refractivity contribution is 7.21. The fourth-order valence-electron chi connectivity index (χ4n) is 2.61. The Morgan fingerprint density at radius 2 is 1.92 bits per heavy atom. The van der Waals surface area contributed by atoms with Crippen LogP contribution in [-0.2, 0) is 4.79 Å². The second-order valence-electron chi connectivity index (χ2n) is 5.31. The summed E-state index contributed by atoms with van der Waals surface area (Å²) in [6.45, 7) is -0.0148. The summed E-state index contributed by atoms with van der Waals surface area (Å²) in [5, 5.41) is 6.15. The molecule has 3 heterocycles. The highest BCUT2D eigenvalue weighted by Gasteiger charge is 2.24. The highest BCUT2D eigenvalue weighted by atomic mass is 32.1. The first kappa shape index (κ1) is 14.6. The standard InChI is InChI=1S/C17H13N3O3S/c1-23-10-4-2-9(3-5-10)12-7-6-11-14-15(24-17(11)19-12)16(22)18-8-13(21)20-14/h2-7H,8H2,1H3,(H,18,22)(H,20,21). The zero-order chi connectivity index (χ0) is 16.7. The summed E-state index contributed by atoms with van der Waals surface area (Å²) in [6.07, 6.45) is 0. The van der Waals surface area contributed by atoms with Gasteiger partial charge >= 0.3 is 0 Å². The number of nitrogens with one attached hydrogen (secondary N) is 2. The van der Waals surface area contributed by atoms with Crippen LogP contribution in [0.4, 0.5) is 5.69 Å². The Morgan fingerprint density at radius 3 is 2.67 bits per heavy atom. The molecule has 0 bridgehead atoms. The first-order valence-corrected chi connectivity index (χ1v) is 8.13. The van der Waals surface area contributed by atoms with Crippen LogP contribution >= 0.6 is 11.3 Å². The molecule has 0 saturated heterocycles. The lowest BCUT2D eigenvalue weighted by Gasteiger charge is -2.04. The normalized spacial score (nSPS) is 13.9. The van der Waals surface area contributed by atoms with Gasteiger partial charge in [-0.05, 0) is 36.4 Å². The number of carbonyl (C=O) groups excluding carboxylic acids is 2. The van der Waals surface area contributed by atoms with Crippen molar-refractivity contribution in [3.8, 4) is 17.0 Å². The summed E-state index contributed by atoms with van der Waals surface area (Å²) in [7, 11) is 1.62. The number of nitrogens with zero attached hydrogens (tertiary/aromatic N) is 1. The van der Waals surface area contributed by atoms with Crippen LogP contribution in [0.1, 0.15) is 9.67 Å². The zero-order valence-electron chi connectivity index (χ0n) is 12.8. The number of carbonyl (C=O) groups is 2. The number of rotatable bonds is 2. The number of thiophene rings is 1. The van der Waals surface area contributed by atoms with Crippen LogP contribution in [0.3, 0.4) is 0 Å². The molecule has 2 amide bonds. The topological polar surface area (TPSA) is 80.3 Å². The van der Waals surface area contributed by atoms with Gasteiger partial charge in [0, 0.05) is 10.9 Å². The van der Waals surface area contributed by atoms with E-state index >= 15 is 0 Å². The Hall–Kier alpha value is -2.93. The minimum absolute atomic E-state index is 0.0148. The number of pyridine rings is 1. The molecular weight excluding hydrogens is 326 g/mol. The van der Waals surface area contributed by atoms with Gasteiger partial charge < -0.3 is 15.4 Å². The fourth-order valence-corrected chi connectivity index (χ4v) is 3.65. The van der Waals surface area contributed by atoms with E-state index in [2.05, 4.69) is 15.6 Å². The molecule has 0 radical (unpaired) electrons. The smallest absolute Gasteiger partial charge is 0.264 e. The van der Waals surface area contributed by atoms with Crippen LogP contribution < -0.4 is 15.4 Å². The maximum atomic E-state index is 12.1. The molecule has 0 unspecified atom stereocenters. The molecule has 24 heavy (non-hydrogen) atoms. The van der Waals surface area contributed by atoms with Crippen LogP contribution in [0, 0.1) is 0 Å². The van der Waals surface area contributed by atoms with Crippen molar-refractivity contribution in [1.82, 2.24) is 10.3 Å². The fraction of sp³-hybridized carbons (Fsp3) is 0.118. The lowest BCUT2D eigenvalue weighted by Crippen LogP contribution is -2.28. The van der Waals surface area contributed by atoms with Crippen molar-refractivity contribution in [3.05, 3.63) is 41.3 Å². The molecule has 6 nitrogen and oxygen atoms in total. The monoisotopic (exact) mass is 339 g/mol. The van der Waals surface area contributed by atoms with Gasteiger partial charge in [-0.25, -0.2) is 4.98 Å². The molecule has 1 aromatic carbocycles. The predicted octanol–water partition coefficient (Wildman–Crippen LogP) is 2.65. The molecule has 4 rings (SSSR count). The van der Waals surface area contributed by atoms with E-state index in [1.54, 1.807) is 7.11 Å².